The third kappa shape index (κ3) is 7.47. The first kappa shape index (κ1) is 45.2. The molecular formula is C48H66ClN7O6. The van der Waals surface area contributed by atoms with Crippen molar-refractivity contribution in [3.05, 3.63) is 94.1 Å². The van der Waals surface area contributed by atoms with Gasteiger partial charge in [0, 0.05) is 98.2 Å². The number of nitrogens with one attached hydrogen (secondary N) is 1. The molecule has 1 N–H and O–H groups in total. The van der Waals surface area contributed by atoms with Gasteiger partial charge in [0.25, 0.3) is 0 Å². The van der Waals surface area contributed by atoms with Crippen LogP contribution in [-0.2, 0) is 26.7 Å². The number of carbonyl (C=O) groups excluding carboxylic acids is 2. The van der Waals surface area contributed by atoms with Crippen molar-refractivity contribution in [1.29, 1.82) is 0 Å². The van der Waals surface area contributed by atoms with Gasteiger partial charge < -0.3 is 38.6 Å². The lowest BCUT2D eigenvalue weighted by Gasteiger charge is -2.44. The fourth-order valence-electron chi connectivity index (χ4n) is 11.3. The predicted octanol–water partition coefficient (Wildman–Crippen LogP) is 7.84. The number of fused-ring (bicyclic) bond motifs is 6. The smallest absolute Gasteiger partial charge is 0.325 e. The molecule has 13 nitrogen and oxygen atoms in total. The van der Waals surface area contributed by atoms with E-state index >= 15 is 0 Å². The highest BCUT2D eigenvalue weighted by molar-refractivity contribution is 5.85. The van der Waals surface area contributed by atoms with Gasteiger partial charge in [0.1, 0.15) is 23.0 Å². The summed E-state index contributed by atoms with van der Waals surface area (Å²) in [6.45, 7) is 15.9. The van der Waals surface area contributed by atoms with Crippen molar-refractivity contribution in [1.82, 2.24) is 34.4 Å². The number of allylic oxidation sites excluding steroid dienone is 2. The van der Waals surface area contributed by atoms with Crippen LogP contribution in [-0.4, -0.2) is 120 Å². The molecule has 0 radical (unpaired) electrons. The minimum atomic E-state index is -0.246. The van der Waals surface area contributed by atoms with Crippen LogP contribution in [0.4, 0.5) is 9.59 Å². The molecule has 0 bridgehead atoms. The molecule has 0 aliphatic carbocycles. The fourth-order valence-corrected chi connectivity index (χ4v) is 11.3. The Morgan fingerprint density at radius 1 is 0.694 bits per heavy atom. The van der Waals surface area contributed by atoms with E-state index in [0.717, 1.165) is 110 Å². The highest BCUT2D eigenvalue weighted by atomic mass is 35.5. The number of methoxy groups -OCH3 is 4. The van der Waals surface area contributed by atoms with Crippen LogP contribution in [0.15, 0.2) is 66.1 Å². The van der Waals surface area contributed by atoms with Crippen LogP contribution < -0.4 is 24.3 Å². The number of aryl methyl sites for hydroxylation is 1. The molecule has 7 heterocycles. The Labute approximate surface area is 374 Å². The summed E-state index contributed by atoms with van der Waals surface area (Å²) in [6, 6.07) is 12.5. The molecule has 6 aliphatic rings. The van der Waals surface area contributed by atoms with E-state index in [1.807, 2.05) is 28.0 Å². The molecular weight excluding hydrogens is 806 g/mol. The summed E-state index contributed by atoms with van der Waals surface area (Å²) in [5.74, 6) is 3.47. The highest BCUT2D eigenvalue weighted by Gasteiger charge is 2.56. The number of nitrogens with zero attached hydrogens (tertiary/aromatic N) is 6. The van der Waals surface area contributed by atoms with Crippen molar-refractivity contribution in [3.8, 4) is 23.0 Å². The Bertz CT molecular complexity index is 2210. The van der Waals surface area contributed by atoms with Gasteiger partial charge in [0.2, 0.25) is 0 Å². The van der Waals surface area contributed by atoms with Crippen LogP contribution in [0.3, 0.4) is 0 Å². The quantitative estimate of drug-likeness (QED) is 0.245. The van der Waals surface area contributed by atoms with E-state index in [1.165, 1.54) is 17.1 Å². The molecule has 62 heavy (non-hydrogen) atoms. The van der Waals surface area contributed by atoms with Crippen LogP contribution in [0, 0.1) is 0 Å². The van der Waals surface area contributed by atoms with Crippen molar-refractivity contribution >= 4 is 24.5 Å². The average Bonchev–Trinajstić information content (AvgIpc) is 3.73. The number of likely N-dealkylation sites (N-methyl/N-ethyl adjacent to an activating group) is 2. The standard InChI is InChI=1S/C27H36N4O3.C21H29N3O3.ClH/c1-6-31-26(32)30-17-20-15-22(33-4)16-23(34-5)25(20)19(2)14-24(30)27(31)9-12-29(13-10-27)18-21-8-7-11-28(21)3;1-5-24-20(25)23-13-15-11-16(26-3)12-17(27-4)19(15)14(2)10-18(23)21(24)6-8-22-9-7-21;/h7-8,11,14-16,19H,6,9-10,12-13,17-18H2,1-5H3;10-12,14,22H,5-9,13H2,1-4H3;1H/t19-;14-;/m00./s1. The molecule has 1 aromatic heterocycles. The minimum absolute atomic E-state index is 0. The average molecular weight is 873 g/mol. The zero-order valence-electron chi connectivity index (χ0n) is 38.1. The first-order valence-electron chi connectivity index (χ1n) is 22.1. The second kappa shape index (κ2) is 18.1. The fraction of sp³-hybridized carbons (Fsp3) is 0.542. The Morgan fingerprint density at radius 3 is 1.56 bits per heavy atom. The number of hydrogen-bond donors (Lipinski definition) is 1. The van der Waals surface area contributed by atoms with Gasteiger partial charge in [-0.15, -0.1) is 12.4 Å². The molecule has 6 aliphatic heterocycles. The number of carbonyl (C=O) groups is 2. The topological polar surface area (TPSA) is 104 Å². The predicted molar refractivity (Wildman–Crippen MR) is 243 cm³/mol. The van der Waals surface area contributed by atoms with Crippen molar-refractivity contribution in [3.63, 3.8) is 0 Å². The van der Waals surface area contributed by atoms with Gasteiger partial charge in [-0.05, 0) is 88.0 Å². The van der Waals surface area contributed by atoms with Gasteiger partial charge in [-0.1, -0.05) is 26.0 Å². The number of amides is 4. The summed E-state index contributed by atoms with van der Waals surface area (Å²) < 4.78 is 24.6. The second-order valence-corrected chi connectivity index (χ2v) is 17.4. The molecule has 2 aromatic carbocycles. The highest BCUT2D eigenvalue weighted by Crippen LogP contribution is 2.50. The monoisotopic (exact) mass is 871 g/mol. The molecule has 4 fully saturated rings. The summed E-state index contributed by atoms with van der Waals surface area (Å²) in [5.41, 5.74) is 7.72. The maximum Gasteiger partial charge on any atom is 0.325 e. The van der Waals surface area contributed by atoms with Crippen molar-refractivity contribution < 1.29 is 28.5 Å². The first-order valence-corrected chi connectivity index (χ1v) is 22.1. The molecule has 4 saturated heterocycles. The number of benzene rings is 2. The van der Waals surface area contributed by atoms with Crippen LogP contribution in [0.2, 0.25) is 0 Å². The van der Waals surface area contributed by atoms with E-state index in [2.05, 4.69) is 95.9 Å². The first-order chi connectivity index (χ1) is 29.5. The largest absolute Gasteiger partial charge is 0.497 e. The number of aromatic nitrogens is 1. The molecule has 336 valence electrons. The number of ether oxygens (including phenoxy) is 4. The van der Waals surface area contributed by atoms with Gasteiger partial charge >= 0.3 is 12.1 Å². The number of hydrogen-bond acceptors (Lipinski definition) is 8. The zero-order chi connectivity index (χ0) is 43.2. The van der Waals surface area contributed by atoms with E-state index in [9.17, 15) is 9.59 Å². The number of rotatable bonds is 8. The SMILES string of the molecule is CCN1C(=O)N2Cc3cc(OC)cc(OC)c3[C@@H](C)C=C2C12CCN(Cc1cccn1C)CC2.CCN1C(=O)N2Cc3cc(OC)cc(OC)c3[C@@H](C)C=C2C12CCNCC2.Cl. The Balaban J connectivity index is 0.000000188. The molecule has 3 aromatic rings. The van der Waals surface area contributed by atoms with E-state index < -0.39 is 0 Å². The summed E-state index contributed by atoms with van der Waals surface area (Å²) in [7, 11) is 8.83. The number of halogens is 1. The summed E-state index contributed by atoms with van der Waals surface area (Å²) in [6.07, 6.45) is 10.5. The maximum absolute atomic E-state index is 13.7. The lowest BCUT2D eigenvalue weighted by Crippen LogP contribution is -2.53. The van der Waals surface area contributed by atoms with Crippen molar-refractivity contribution in [2.75, 3.05) is 67.7 Å². The molecule has 0 saturated carbocycles. The van der Waals surface area contributed by atoms with Crippen molar-refractivity contribution in [2.45, 2.75) is 95.9 Å². The molecule has 9 rings (SSSR count). The van der Waals surface area contributed by atoms with Gasteiger partial charge in [-0.25, -0.2) is 9.59 Å². The number of urea groups is 2. The zero-order valence-corrected chi connectivity index (χ0v) is 38.9. The third-order valence-corrected chi connectivity index (χ3v) is 14.4. The van der Waals surface area contributed by atoms with E-state index in [1.54, 1.807) is 28.4 Å². The summed E-state index contributed by atoms with van der Waals surface area (Å²) >= 11 is 0. The van der Waals surface area contributed by atoms with Gasteiger partial charge in [-0.3, -0.25) is 14.7 Å². The minimum Gasteiger partial charge on any atom is -0.497 e. The molecule has 2 atom stereocenters. The molecule has 14 heteroatoms. The maximum atomic E-state index is 13.7. The summed E-state index contributed by atoms with van der Waals surface area (Å²) in [4.78, 5) is 37.8. The van der Waals surface area contributed by atoms with Crippen LogP contribution >= 0.6 is 12.4 Å². The number of likely N-dealkylation sites (tertiary alicyclic amines) is 1. The van der Waals surface area contributed by atoms with E-state index in [4.69, 9.17) is 18.9 Å². The van der Waals surface area contributed by atoms with Gasteiger partial charge in [-0.2, -0.15) is 0 Å². The Hall–Kier alpha value is -4.85. The molecule has 4 amide bonds. The lowest BCUT2D eigenvalue weighted by molar-refractivity contribution is 0.0878. The summed E-state index contributed by atoms with van der Waals surface area (Å²) in [5, 5.41) is 3.45. The van der Waals surface area contributed by atoms with E-state index in [0.29, 0.717) is 19.6 Å². The molecule has 2 spiro atoms. The van der Waals surface area contributed by atoms with Crippen LogP contribution in [0.25, 0.3) is 0 Å². The van der Waals surface area contributed by atoms with E-state index in [-0.39, 0.29) is 47.4 Å². The van der Waals surface area contributed by atoms with Crippen LogP contribution in [0.1, 0.15) is 93.2 Å². The lowest BCUT2D eigenvalue weighted by atomic mass is 9.82. The second-order valence-electron chi connectivity index (χ2n) is 17.4. The normalized spacial score (nSPS) is 22.3. The molecule has 0 unspecified atom stereocenters. The number of piperidine rings is 2. The third-order valence-electron chi connectivity index (χ3n) is 14.4. The van der Waals surface area contributed by atoms with Crippen LogP contribution in [0.5, 0.6) is 23.0 Å². The van der Waals surface area contributed by atoms with Crippen molar-refractivity contribution in [2.24, 2.45) is 7.05 Å². The van der Waals surface area contributed by atoms with Gasteiger partial charge in [0.05, 0.1) is 52.6 Å². The Morgan fingerprint density at radius 2 is 1.16 bits per heavy atom. The van der Waals surface area contributed by atoms with Gasteiger partial charge in [0.15, 0.2) is 0 Å². The Kier molecular flexibility index (Phi) is 13.2.